The Labute approximate surface area is 228 Å². The van der Waals surface area contributed by atoms with Gasteiger partial charge in [-0.15, -0.1) is 0 Å². The Morgan fingerprint density at radius 1 is 1.15 bits per heavy atom. The van der Waals surface area contributed by atoms with E-state index in [1.807, 2.05) is 20.8 Å². The molecule has 12 nitrogen and oxygen atoms in total. The third-order valence-corrected chi connectivity index (χ3v) is 7.88. The van der Waals surface area contributed by atoms with Gasteiger partial charge in [0.05, 0.1) is 0 Å². The van der Waals surface area contributed by atoms with Gasteiger partial charge >= 0.3 is 12.1 Å². The van der Waals surface area contributed by atoms with Crippen molar-refractivity contribution < 1.29 is 32.6 Å². The first kappa shape index (κ1) is 30.0. The predicted octanol–water partition coefficient (Wildman–Crippen LogP) is 1.52. The molecule has 0 radical (unpaired) electrons. The molecule has 1 aliphatic heterocycles. The number of aromatic nitrogens is 1. The SMILES string of the molecule is CC(C)(C)NCCNC(=O)Oc1ccc(C[C@H](NC(=O)[C@@H]2CCCN2S(=O)(=O)c2cccnc2)C(=O)O)cc1. The fraction of sp³-hybridized carbons (Fsp3) is 0.462. The first-order valence-corrected chi connectivity index (χ1v) is 14.1. The lowest BCUT2D eigenvalue weighted by atomic mass is 10.1. The summed E-state index contributed by atoms with van der Waals surface area (Å²) in [6.45, 7) is 7.17. The molecule has 1 aromatic carbocycles. The molecule has 0 spiro atoms. The molecule has 13 heteroatoms. The van der Waals surface area contributed by atoms with Gasteiger partial charge in [0, 0.05) is 44.0 Å². The number of nitrogens with zero attached hydrogens (tertiary/aromatic N) is 2. The van der Waals surface area contributed by atoms with Gasteiger partial charge in [-0.25, -0.2) is 18.0 Å². The van der Waals surface area contributed by atoms with Crippen LogP contribution in [0.1, 0.15) is 39.2 Å². The van der Waals surface area contributed by atoms with E-state index in [1.54, 1.807) is 12.1 Å². The Hall–Kier alpha value is -3.55. The molecule has 2 aromatic rings. The van der Waals surface area contributed by atoms with Gasteiger partial charge in [-0.1, -0.05) is 12.1 Å². The number of aliphatic carboxylic acids is 1. The number of benzene rings is 1. The molecule has 2 atom stereocenters. The van der Waals surface area contributed by atoms with Crippen LogP contribution in [-0.2, 0) is 26.0 Å². The number of amides is 2. The van der Waals surface area contributed by atoms with E-state index < -0.39 is 40.1 Å². The molecule has 1 aromatic heterocycles. The summed E-state index contributed by atoms with van der Waals surface area (Å²) >= 11 is 0. The highest BCUT2D eigenvalue weighted by Crippen LogP contribution is 2.26. The van der Waals surface area contributed by atoms with Crippen molar-refractivity contribution in [3.05, 3.63) is 54.4 Å². The summed E-state index contributed by atoms with van der Waals surface area (Å²) in [5.41, 5.74) is 0.513. The number of rotatable bonds is 11. The minimum absolute atomic E-state index is 0.0305. The number of sulfonamides is 1. The van der Waals surface area contributed by atoms with Crippen molar-refractivity contribution >= 4 is 28.0 Å². The Balaban J connectivity index is 1.57. The zero-order valence-electron chi connectivity index (χ0n) is 22.2. The maximum absolute atomic E-state index is 13.0. The van der Waals surface area contributed by atoms with E-state index in [9.17, 15) is 27.9 Å². The van der Waals surface area contributed by atoms with Crippen LogP contribution in [0.3, 0.4) is 0 Å². The van der Waals surface area contributed by atoms with Crippen LogP contribution in [-0.4, -0.2) is 78.0 Å². The zero-order valence-corrected chi connectivity index (χ0v) is 23.0. The van der Waals surface area contributed by atoms with E-state index in [4.69, 9.17) is 4.74 Å². The van der Waals surface area contributed by atoms with E-state index in [0.29, 0.717) is 25.1 Å². The zero-order chi connectivity index (χ0) is 28.6. The van der Waals surface area contributed by atoms with Crippen LogP contribution < -0.4 is 20.7 Å². The summed E-state index contributed by atoms with van der Waals surface area (Å²) in [7, 11) is -3.96. The molecule has 0 aliphatic carbocycles. The lowest BCUT2D eigenvalue weighted by molar-refractivity contribution is -0.142. The number of carboxylic acids is 1. The third-order valence-electron chi connectivity index (χ3n) is 5.99. The molecule has 3 rings (SSSR count). The molecule has 0 saturated carbocycles. The average molecular weight is 562 g/mol. The highest BCUT2D eigenvalue weighted by molar-refractivity contribution is 7.89. The van der Waals surface area contributed by atoms with Gasteiger partial charge in [-0.2, -0.15) is 4.31 Å². The normalized spacial score (nSPS) is 16.8. The fourth-order valence-electron chi connectivity index (χ4n) is 4.07. The number of nitrogens with one attached hydrogen (secondary N) is 3. The number of ether oxygens (including phenoxy) is 1. The lowest BCUT2D eigenvalue weighted by Crippen LogP contribution is -2.51. The van der Waals surface area contributed by atoms with Gasteiger partial charge in [0.2, 0.25) is 15.9 Å². The molecule has 2 heterocycles. The van der Waals surface area contributed by atoms with Crippen LogP contribution in [0.5, 0.6) is 5.75 Å². The largest absolute Gasteiger partial charge is 0.480 e. The number of hydrogen-bond donors (Lipinski definition) is 4. The van der Waals surface area contributed by atoms with Gasteiger partial charge in [0.25, 0.3) is 0 Å². The number of pyridine rings is 1. The topological polar surface area (TPSA) is 167 Å². The summed E-state index contributed by atoms with van der Waals surface area (Å²) < 4.78 is 32.4. The Kier molecular flexibility index (Phi) is 10.0. The highest BCUT2D eigenvalue weighted by atomic mass is 32.2. The quantitative estimate of drug-likeness (QED) is 0.297. The maximum atomic E-state index is 13.0. The van der Waals surface area contributed by atoms with Gasteiger partial charge in [0.15, 0.2) is 0 Å². The molecule has 39 heavy (non-hydrogen) atoms. The summed E-state index contributed by atoms with van der Waals surface area (Å²) in [6.07, 6.45) is 2.75. The lowest BCUT2D eigenvalue weighted by Gasteiger charge is -2.25. The minimum atomic E-state index is -3.96. The van der Waals surface area contributed by atoms with E-state index >= 15 is 0 Å². The maximum Gasteiger partial charge on any atom is 0.412 e. The van der Waals surface area contributed by atoms with Gasteiger partial charge in [-0.3, -0.25) is 9.78 Å². The van der Waals surface area contributed by atoms with E-state index in [0.717, 1.165) is 4.31 Å². The molecule has 0 bridgehead atoms. The number of carbonyl (C=O) groups is 3. The third kappa shape index (κ3) is 8.73. The predicted molar refractivity (Wildman–Crippen MR) is 143 cm³/mol. The molecule has 0 unspecified atom stereocenters. The number of carboxylic acid groups (broad SMARTS) is 1. The monoisotopic (exact) mass is 561 g/mol. The smallest absolute Gasteiger partial charge is 0.412 e. The molecule has 4 N–H and O–H groups in total. The van der Waals surface area contributed by atoms with Crippen LogP contribution >= 0.6 is 0 Å². The fourth-order valence-corrected chi connectivity index (χ4v) is 5.69. The Morgan fingerprint density at radius 2 is 1.87 bits per heavy atom. The molecule has 2 amide bonds. The molecule has 1 aliphatic rings. The summed E-state index contributed by atoms with van der Waals surface area (Å²) in [5.74, 6) is -1.66. The second-order valence-electron chi connectivity index (χ2n) is 10.2. The van der Waals surface area contributed by atoms with Crippen molar-refractivity contribution in [1.82, 2.24) is 25.2 Å². The van der Waals surface area contributed by atoms with Crippen molar-refractivity contribution in [3.63, 3.8) is 0 Å². The summed E-state index contributed by atoms with van der Waals surface area (Å²) in [4.78, 5) is 40.7. The minimum Gasteiger partial charge on any atom is -0.480 e. The molecule has 212 valence electrons. The van der Waals surface area contributed by atoms with Crippen LogP contribution in [0.15, 0.2) is 53.7 Å². The number of carbonyl (C=O) groups excluding carboxylic acids is 2. The van der Waals surface area contributed by atoms with E-state index in [2.05, 4.69) is 20.9 Å². The first-order chi connectivity index (χ1) is 18.4. The van der Waals surface area contributed by atoms with E-state index in [-0.39, 0.29) is 35.6 Å². The average Bonchev–Trinajstić information content (AvgIpc) is 3.38. The summed E-state index contributed by atoms with van der Waals surface area (Å²) in [5, 5.41) is 18.1. The molecule has 1 saturated heterocycles. The Morgan fingerprint density at radius 3 is 2.49 bits per heavy atom. The summed E-state index contributed by atoms with van der Waals surface area (Å²) in [6, 6.07) is 6.84. The second kappa shape index (κ2) is 13.0. The second-order valence-corrected chi connectivity index (χ2v) is 12.1. The first-order valence-electron chi connectivity index (χ1n) is 12.6. The standard InChI is InChI=1S/C26H35N5O7S/c1-26(2,3)29-14-13-28-25(35)38-19-10-8-18(9-11-19)16-21(24(33)34)30-23(32)22-7-5-15-31(22)39(36,37)20-6-4-12-27-17-20/h4,6,8-12,17,21-22,29H,5,7,13-16H2,1-3H3,(H,28,35)(H,30,32)(H,33,34)/t21-,22-/m0/s1. The molecular formula is C26H35N5O7S. The van der Waals surface area contributed by atoms with Crippen LogP contribution in [0.4, 0.5) is 4.79 Å². The van der Waals surface area contributed by atoms with Gasteiger partial charge in [0.1, 0.15) is 22.7 Å². The highest BCUT2D eigenvalue weighted by Gasteiger charge is 2.40. The number of hydrogen-bond acceptors (Lipinski definition) is 8. The van der Waals surface area contributed by atoms with Crippen LogP contribution in [0.2, 0.25) is 0 Å². The van der Waals surface area contributed by atoms with Crippen molar-refractivity contribution in [2.24, 2.45) is 0 Å². The van der Waals surface area contributed by atoms with Crippen molar-refractivity contribution in [3.8, 4) is 5.75 Å². The Bertz CT molecular complexity index is 1250. The van der Waals surface area contributed by atoms with Crippen molar-refractivity contribution in [2.45, 2.75) is 62.6 Å². The van der Waals surface area contributed by atoms with E-state index in [1.165, 1.54) is 36.7 Å². The van der Waals surface area contributed by atoms with Gasteiger partial charge < -0.3 is 25.8 Å². The molecule has 1 fully saturated rings. The van der Waals surface area contributed by atoms with Crippen molar-refractivity contribution in [1.29, 1.82) is 0 Å². The van der Waals surface area contributed by atoms with Gasteiger partial charge in [-0.05, 0) is 63.4 Å². The molecular weight excluding hydrogens is 526 g/mol. The van der Waals surface area contributed by atoms with Crippen LogP contribution in [0, 0.1) is 0 Å². The van der Waals surface area contributed by atoms with Crippen molar-refractivity contribution in [2.75, 3.05) is 19.6 Å². The van der Waals surface area contributed by atoms with Crippen LogP contribution in [0.25, 0.3) is 0 Å².